The summed E-state index contributed by atoms with van der Waals surface area (Å²) in [6.45, 7) is 8.61. The Hall–Kier alpha value is -1.92. The summed E-state index contributed by atoms with van der Waals surface area (Å²) < 4.78 is 21.0. The monoisotopic (exact) mass is 332 g/mol. The van der Waals surface area contributed by atoms with Gasteiger partial charge in [0, 0.05) is 57.2 Å². The third-order valence-electron chi connectivity index (χ3n) is 4.61. The van der Waals surface area contributed by atoms with E-state index in [0.29, 0.717) is 0 Å². The van der Waals surface area contributed by atoms with Crippen LogP contribution in [-0.4, -0.2) is 52.6 Å². The molecule has 1 saturated heterocycles. The number of halogens is 1. The van der Waals surface area contributed by atoms with E-state index in [-0.39, 0.29) is 5.82 Å². The van der Waals surface area contributed by atoms with E-state index in [4.69, 9.17) is 4.74 Å². The Bertz CT molecular complexity index is 665. The Morgan fingerprint density at radius 2 is 1.83 bits per heavy atom. The lowest BCUT2D eigenvalue weighted by Crippen LogP contribution is -2.45. The molecule has 24 heavy (non-hydrogen) atoms. The largest absolute Gasteiger partial charge is 0.496 e. The van der Waals surface area contributed by atoms with Crippen molar-refractivity contribution in [2.24, 2.45) is 0 Å². The molecular formula is C18H25FN4O. The van der Waals surface area contributed by atoms with E-state index in [1.165, 1.54) is 6.07 Å². The zero-order chi connectivity index (χ0) is 16.9. The van der Waals surface area contributed by atoms with Gasteiger partial charge in [-0.1, -0.05) is 0 Å². The van der Waals surface area contributed by atoms with Crippen molar-refractivity contribution in [3.8, 4) is 5.75 Å². The predicted molar refractivity (Wildman–Crippen MR) is 91.4 cm³/mol. The number of imidazole rings is 1. The summed E-state index contributed by atoms with van der Waals surface area (Å²) in [4.78, 5) is 9.22. The molecule has 1 aliphatic heterocycles. The van der Waals surface area contributed by atoms with Gasteiger partial charge >= 0.3 is 0 Å². The minimum atomic E-state index is -0.212. The first kappa shape index (κ1) is 16.9. The fraction of sp³-hybridized carbons (Fsp3) is 0.500. The quantitative estimate of drug-likeness (QED) is 0.813. The van der Waals surface area contributed by atoms with E-state index in [0.717, 1.165) is 63.0 Å². The second-order valence-corrected chi connectivity index (χ2v) is 6.14. The summed E-state index contributed by atoms with van der Waals surface area (Å²) in [6.07, 6.45) is 3.90. The lowest BCUT2D eigenvalue weighted by Gasteiger charge is -2.34. The molecule has 0 amide bonds. The average Bonchev–Trinajstić information content (AvgIpc) is 3.04. The number of piperazine rings is 1. The van der Waals surface area contributed by atoms with Crippen LogP contribution in [0.4, 0.5) is 4.39 Å². The van der Waals surface area contributed by atoms with Crippen molar-refractivity contribution in [3.63, 3.8) is 0 Å². The standard InChI is InChI=1S/C18H25FN4O/c1-3-23-7-6-20-18(23)14-22-10-8-21(9-11-22)13-15-12-16(19)4-5-17(15)24-2/h4-7,12H,3,8-11,13-14H2,1-2H3. The molecule has 0 unspecified atom stereocenters. The molecule has 130 valence electrons. The molecule has 1 aromatic carbocycles. The molecule has 0 saturated carbocycles. The maximum Gasteiger partial charge on any atom is 0.123 e. The SMILES string of the molecule is CCn1ccnc1CN1CCN(Cc2cc(F)ccc2OC)CC1. The number of aryl methyl sites for hydroxylation is 1. The van der Waals surface area contributed by atoms with E-state index in [1.807, 2.05) is 12.4 Å². The van der Waals surface area contributed by atoms with Crippen molar-refractivity contribution >= 4 is 0 Å². The molecule has 1 aliphatic rings. The van der Waals surface area contributed by atoms with Crippen LogP contribution in [0.15, 0.2) is 30.6 Å². The normalized spacial score (nSPS) is 16.5. The van der Waals surface area contributed by atoms with Gasteiger partial charge in [-0.05, 0) is 25.1 Å². The number of ether oxygens (including phenoxy) is 1. The van der Waals surface area contributed by atoms with E-state index in [2.05, 4.69) is 26.3 Å². The van der Waals surface area contributed by atoms with Crippen LogP contribution >= 0.6 is 0 Å². The van der Waals surface area contributed by atoms with Gasteiger partial charge in [0.05, 0.1) is 13.7 Å². The first-order valence-corrected chi connectivity index (χ1v) is 8.46. The van der Waals surface area contributed by atoms with E-state index in [1.54, 1.807) is 19.2 Å². The highest BCUT2D eigenvalue weighted by Gasteiger charge is 2.19. The molecule has 1 fully saturated rings. The molecule has 5 nitrogen and oxygen atoms in total. The van der Waals surface area contributed by atoms with Gasteiger partial charge < -0.3 is 9.30 Å². The molecule has 6 heteroatoms. The van der Waals surface area contributed by atoms with E-state index >= 15 is 0 Å². The summed E-state index contributed by atoms with van der Waals surface area (Å²) in [5.41, 5.74) is 0.910. The van der Waals surface area contributed by atoms with E-state index in [9.17, 15) is 4.39 Å². The molecule has 3 rings (SSSR count). The van der Waals surface area contributed by atoms with E-state index < -0.39 is 0 Å². The van der Waals surface area contributed by atoms with Gasteiger partial charge in [0.25, 0.3) is 0 Å². The highest BCUT2D eigenvalue weighted by molar-refractivity contribution is 5.33. The van der Waals surface area contributed by atoms with Crippen LogP contribution in [0.1, 0.15) is 18.3 Å². The van der Waals surface area contributed by atoms with Gasteiger partial charge in [-0.25, -0.2) is 9.37 Å². The summed E-state index contributed by atoms with van der Waals surface area (Å²) in [5.74, 6) is 1.66. The smallest absolute Gasteiger partial charge is 0.123 e. The zero-order valence-corrected chi connectivity index (χ0v) is 14.4. The number of rotatable bonds is 6. The molecule has 2 heterocycles. The Morgan fingerprint density at radius 3 is 2.50 bits per heavy atom. The second kappa shape index (κ2) is 7.77. The highest BCUT2D eigenvalue weighted by atomic mass is 19.1. The van der Waals surface area contributed by atoms with Crippen LogP contribution in [0, 0.1) is 5.82 Å². The molecule has 0 bridgehead atoms. The number of methoxy groups -OCH3 is 1. The Kier molecular flexibility index (Phi) is 5.48. The number of aromatic nitrogens is 2. The predicted octanol–water partition coefficient (Wildman–Crippen LogP) is 2.37. The van der Waals surface area contributed by atoms with Gasteiger partial charge in [-0.2, -0.15) is 0 Å². The zero-order valence-electron chi connectivity index (χ0n) is 14.4. The molecule has 0 spiro atoms. The van der Waals surface area contributed by atoms with Crippen LogP contribution in [0.2, 0.25) is 0 Å². The maximum atomic E-state index is 13.5. The molecule has 1 aromatic heterocycles. The molecule has 2 aromatic rings. The Balaban J connectivity index is 1.55. The maximum absolute atomic E-state index is 13.5. The summed E-state index contributed by atoms with van der Waals surface area (Å²) in [7, 11) is 1.63. The Morgan fingerprint density at radius 1 is 1.12 bits per heavy atom. The molecule has 0 N–H and O–H groups in total. The molecule has 0 radical (unpaired) electrons. The van der Waals surface area contributed by atoms with Crippen LogP contribution < -0.4 is 4.74 Å². The molecule has 0 atom stereocenters. The van der Waals surface area contributed by atoms with Gasteiger partial charge in [-0.15, -0.1) is 0 Å². The van der Waals surface area contributed by atoms with Crippen LogP contribution in [-0.2, 0) is 19.6 Å². The molecule has 0 aliphatic carbocycles. The lowest BCUT2D eigenvalue weighted by molar-refractivity contribution is 0.118. The first-order valence-electron chi connectivity index (χ1n) is 8.46. The van der Waals surface area contributed by atoms with Crippen molar-refractivity contribution in [1.29, 1.82) is 0 Å². The lowest BCUT2D eigenvalue weighted by atomic mass is 10.1. The van der Waals surface area contributed by atoms with Crippen molar-refractivity contribution in [3.05, 3.63) is 47.8 Å². The number of hydrogen-bond acceptors (Lipinski definition) is 4. The van der Waals surface area contributed by atoms with Crippen molar-refractivity contribution < 1.29 is 9.13 Å². The summed E-state index contributed by atoms with van der Waals surface area (Å²) in [6, 6.07) is 4.71. The Labute approximate surface area is 142 Å². The van der Waals surface area contributed by atoms with Gasteiger partial charge in [0.2, 0.25) is 0 Å². The minimum absolute atomic E-state index is 0.212. The second-order valence-electron chi connectivity index (χ2n) is 6.14. The average molecular weight is 332 g/mol. The third-order valence-corrected chi connectivity index (χ3v) is 4.61. The fourth-order valence-corrected chi connectivity index (χ4v) is 3.20. The van der Waals surface area contributed by atoms with Crippen LogP contribution in [0.3, 0.4) is 0 Å². The summed E-state index contributed by atoms with van der Waals surface area (Å²) >= 11 is 0. The van der Waals surface area contributed by atoms with Gasteiger partial charge in [0.1, 0.15) is 17.4 Å². The number of hydrogen-bond donors (Lipinski definition) is 0. The topological polar surface area (TPSA) is 33.5 Å². The minimum Gasteiger partial charge on any atom is -0.496 e. The van der Waals surface area contributed by atoms with Crippen molar-refractivity contribution in [2.45, 2.75) is 26.6 Å². The number of nitrogens with zero attached hydrogens (tertiary/aromatic N) is 4. The van der Waals surface area contributed by atoms with Gasteiger partial charge in [-0.3, -0.25) is 9.80 Å². The van der Waals surface area contributed by atoms with Crippen LogP contribution in [0.5, 0.6) is 5.75 Å². The highest BCUT2D eigenvalue weighted by Crippen LogP contribution is 2.21. The first-order chi connectivity index (χ1) is 11.7. The van der Waals surface area contributed by atoms with Gasteiger partial charge in [0.15, 0.2) is 0 Å². The molecular weight excluding hydrogens is 307 g/mol. The van der Waals surface area contributed by atoms with Crippen LogP contribution in [0.25, 0.3) is 0 Å². The summed E-state index contributed by atoms with van der Waals surface area (Å²) in [5, 5.41) is 0. The number of benzene rings is 1. The fourth-order valence-electron chi connectivity index (χ4n) is 3.20. The van der Waals surface area contributed by atoms with Crippen molar-refractivity contribution in [2.75, 3.05) is 33.3 Å². The van der Waals surface area contributed by atoms with Crippen molar-refractivity contribution in [1.82, 2.24) is 19.4 Å². The third kappa shape index (κ3) is 3.94.